The molecule has 0 saturated heterocycles. The highest BCUT2D eigenvalue weighted by Gasteiger charge is 2.20. The van der Waals surface area contributed by atoms with Crippen molar-refractivity contribution in [3.63, 3.8) is 0 Å². The number of fused-ring (bicyclic) bond motifs is 2. The van der Waals surface area contributed by atoms with Crippen molar-refractivity contribution in [1.29, 1.82) is 0 Å². The number of nitrogens with two attached hydrogens (primary N) is 1. The fraction of sp³-hybridized carbons (Fsp3) is 0.276. The molecule has 186 valence electrons. The van der Waals surface area contributed by atoms with Crippen molar-refractivity contribution in [3.05, 3.63) is 78.4 Å². The van der Waals surface area contributed by atoms with Gasteiger partial charge in [-0.05, 0) is 55.5 Å². The van der Waals surface area contributed by atoms with E-state index in [-0.39, 0.29) is 0 Å². The van der Waals surface area contributed by atoms with Gasteiger partial charge >= 0.3 is 0 Å². The number of primary amides is 1. The molecule has 0 spiro atoms. The lowest BCUT2D eigenvalue weighted by atomic mass is 10.1. The van der Waals surface area contributed by atoms with E-state index in [1.54, 1.807) is 4.40 Å². The molecule has 0 bridgehead atoms. The van der Waals surface area contributed by atoms with Crippen LogP contribution in [-0.4, -0.2) is 36.6 Å². The number of imidazole rings is 2. The monoisotopic (exact) mass is 483 g/mol. The Morgan fingerprint density at radius 1 is 1.03 bits per heavy atom. The SMILES string of the molecule is CC(C)CCCO.Cc1nc2ccc(-c3cccn4c(C(N)=O)c(-c5ccccc5)nc34)cc2n1C. The van der Waals surface area contributed by atoms with Crippen LogP contribution in [-0.2, 0) is 7.05 Å². The number of hydrogen-bond acceptors (Lipinski definition) is 4. The van der Waals surface area contributed by atoms with Crippen molar-refractivity contribution in [2.45, 2.75) is 33.6 Å². The number of aliphatic hydroxyl groups is 1. The number of pyridine rings is 1. The molecule has 0 aliphatic heterocycles. The molecule has 5 aromatic rings. The number of benzene rings is 2. The number of amides is 1. The second kappa shape index (κ2) is 10.7. The zero-order chi connectivity index (χ0) is 25.8. The molecule has 0 fully saturated rings. The van der Waals surface area contributed by atoms with E-state index in [0.29, 0.717) is 23.6 Å². The Balaban J connectivity index is 0.000000384. The second-order valence-corrected chi connectivity index (χ2v) is 9.34. The summed E-state index contributed by atoms with van der Waals surface area (Å²) in [5, 5.41) is 8.32. The van der Waals surface area contributed by atoms with E-state index in [9.17, 15) is 4.79 Å². The van der Waals surface area contributed by atoms with E-state index in [4.69, 9.17) is 15.8 Å². The first-order valence-electron chi connectivity index (χ1n) is 12.2. The van der Waals surface area contributed by atoms with E-state index in [1.165, 1.54) is 0 Å². The van der Waals surface area contributed by atoms with Gasteiger partial charge in [-0.3, -0.25) is 9.20 Å². The average Bonchev–Trinajstić information content (AvgIpc) is 3.41. The summed E-state index contributed by atoms with van der Waals surface area (Å²) in [5.74, 6) is 1.19. The van der Waals surface area contributed by atoms with Gasteiger partial charge in [0, 0.05) is 31.0 Å². The maximum Gasteiger partial charge on any atom is 0.268 e. The summed E-state index contributed by atoms with van der Waals surface area (Å²) in [6.07, 6.45) is 3.93. The Bertz CT molecular complexity index is 1500. The van der Waals surface area contributed by atoms with Crippen LogP contribution in [0.25, 0.3) is 39.1 Å². The topological polar surface area (TPSA) is 98.4 Å². The third-order valence-electron chi connectivity index (χ3n) is 6.29. The molecule has 0 saturated carbocycles. The Kier molecular flexibility index (Phi) is 7.50. The van der Waals surface area contributed by atoms with Gasteiger partial charge in [0.2, 0.25) is 0 Å². The summed E-state index contributed by atoms with van der Waals surface area (Å²) in [7, 11) is 2.00. The van der Waals surface area contributed by atoms with E-state index in [1.807, 2.05) is 74.8 Å². The van der Waals surface area contributed by atoms with Gasteiger partial charge in [-0.15, -0.1) is 0 Å². The lowest BCUT2D eigenvalue weighted by Crippen LogP contribution is -2.15. The molecule has 0 aliphatic rings. The maximum atomic E-state index is 12.3. The first-order chi connectivity index (χ1) is 17.3. The van der Waals surface area contributed by atoms with Gasteiger partial charge in [0.25, 0.3) is 5.91 Å². The highest BCUT2D eigenvalue weighted by atomic mass is 16.2. The Labute approximate surface area is 211 Å². The Hall–Kier alpha value is -3.97. The van der Waals surface area contributed by atoms with Gasteiger partial charge in [0.15, 0.2) is 0 Å². The minimum absolute atomic E-state index is 0.345. The third-order valence-corrected chi connectivity index (χ3v) is 6.29. The van der Waals surface area contributed by atoms with E-state index in [0.717, 1.165) is 52.3 Å². The van der Waals surface area contributed by atoms with E-state index >= 15 is 0 Å². The van der Waals surface area contributed by atoms with Crippen molar-refractivity contribution in [2.75, 3.05) is 6.61 Å². The number of carbonyl (C=O) groups is 1. The van der Waals surface area contributed by atoms with Crippen LogP contribution in [0.15, 0.2) is 66.9 Å². The van der Waals surface area contributed by atoms with Gasteiger partial charge in [-0.25, -0.2) is 9.97 Å². The Morgan fingerprint density at radius 3 is 2.42 bits per heavy atom. The zero-order valence-corrected chi connectivity index (χ0v) is 21.3. The van der Waals surface area contributed by atoms with Crippen LogP contribution < -0.4 is 5.73 Å². The third kappa shape index (κ3) is 5.02. The van der Waals surface area contributed by atoms with Crippen molar-refractivity contribution < 1.29 is 9.90 Å². The molecule has 36 heavy (non-hydrogen) atoms. The summed E-state index contributed by atoms with van der Waals surface area (Å²) in [5.41, 5.74) is 12.2. The van der Waals surface area contributed by atoms with Crippen molar-refractivity contribution in [2.24, 2.45) is 18.7 Å². The molecular weight excluding hydrogens is 450 g/mol. The molecule has 0 aliphatic carbocycles. The number of aryl methyl sites for hydroxylation is 2. The van der Waals surface area contributed by atoms with Crippen molar-refractivity contribution >= 4 is 22.6 Å². The molecule has 0 unspecified atom stereocenters. The van der Waals surface area contributed by atoms with E-state index in [2.05, 4.69) is 29.5 Å². The fourth-order valence-corrected chi connectivity index (χ4v) is 4.30. The lowest BCUT2D eigenvalue weighted by molar-refractivity contribution is 0.0995. The predicted octanol–water partition coefficient (Wildman–Crippen LogP) is 5.38. The van der Waals surface area contributed by atoms with Crippen LogP contribution in [0.5, 0.6) is 0 Å². The summed E-state index contributed by atoms with van der Waals surface area (Å²) in [6, 6.07) is 19.7. The molecule has 1 amide bonds. The minimum Gasteiger partial charge on any atom is -0.396 e. The molecule has 2 aromatic carbocycles. The molecular formula is C29H33N5O2. The molecule has 5 rings (SSSR count). The van der Waals surface area contributed by atoms with Crippen LogP contribution in [0, 0.1) is 12.8 Å². The number of carbonyl (C=O) groups excluding carboxylic acids is 1. The van der Waals surface area contributed by atoms with Crippen LogP contribution in [0.2, 0.25) is 0 Å². The fourth-order valence-electron chi connectivity index (χ4n) is 4.30. The highest BCUT2D eigenvalue weighted by molar-refractivity contribution is 6.00. The highest BCUT2D eigenvalue weighted by Crippen LogP contribution is 2.31. The molecule has 7 heteroatoms. The number of hydrogen-bond donors (Lipinski definition) is 2. The first-order valence-corrected chi connectivity index (χ1v) is 12.2. The largest absolute Gasteiger partial charge is 0.396 e. The molecule has 3 N–H and O–H groups in total. The van der Waals surface area contributed by atoms with Crippen LogP contribution in [0.3, 0.4) is 0 Å². The molecule has 3 heterocycles. The number of rotatable bonds is 6. The van der Waals surface area contributed by atoms with Crippen LogP contribution in [0.1, 0.15) is 43.0 Å². The number of aromatic nitrogens is 4. The first kappa shape index (κ1) is 25.1. The van der Waals surface area contributed by atoms with E-state index < -0.39 is 5.91 Å². The zero-order valence-electron chi connectivity index (χ0n) is 21.3. The normalized spacial score (nSPS) is 11.2. The van der Waals surface area contributed by atoms with Gasteiger partial charge in [0.05, 0.1) is 11.0 Å². The quantitative estimate of drug-likeness (QED) is 0.339. The molecule has 0 atom stereocenters. The summed E-state index contributed by atoms with van der Waals surface area (Å²) < 4.78 is 3.84. The van der Waals surface area contributed by atoms with Gasteiger partial charge < -0.3 is 15.4 Å². The average molecular weight is 484 g/mol. The molecule has 3 aromatic heterocycles. The summed E-state index contributed by atoms with van der Waals surface area (Å²) in [4.78, 5) is 21.7. The number of aliphatic hydroxyl groups excluding tert-OH is 1. The van der Waals surface area contributed by atoms with Gasteiger partial charge in [-0.1, -0.05) is 50.2 Å². The van der Waals surface area contributed by atoms with Crippen molar-refractivity contribution in [1.82, 2.24) is 18.9 Å². The predicted molar refractivity (Wildman–Crippen MR) is 145 cm³/mol. The second-order valence-electron chi connectivity index (χ2n) is 9.34. The standard InChI is InChI=1S/C23H19N5O.C6H14O/c1-14-25-18-11-10-16(13-19(18)27(14)2)17-9-6-12-28-21(22(24)29)20(26-23(17)28)15-7-4-3-5-8-15;1-6(2)4-3-5-7/h3-13H,1-2H3,(H2,24,29);6-7H,3-5H2,1-2H3. The number of nitrogens with zero attached hydrogens (tertiary/aromatic N) is 4. The Morgan fingerprint density at radius 2 is 1.78 bits per heavy atom. The summed E-state index contributed by atoms with van der Waals surface area (Å²) in [6.45, 7) is 6.66. The summed E-state index contributed by atoms with van der Waals surface area (Å²) >= 11 is 0. The maximum absolute atomic E-state index is 12.3. The lowest BCUT2D eigenvalue weighted by Gasteiger charge is -2.06. The molecule has 7 nitrogen and oxygen atoms in total. The smallest absolute Gasteiger partial charge is 0.268 e. The van der Waals surface area contributed by atoms with Crippen LogP contribution in [0.4, 0.5) is 0 Å². The van der Waals surface area contributed by atoms with Crippen molar-refractivity contribution in [3.8, 4) is 22.4 Å². The molecule has 0 radical (unpaired) electrons. The van der Waals surface area contributed by atoms with Crippen LogP contribution >= 0.6 is 0 Å². The van der Waals surface area contributed by atoms with Gasteiger partial charge in [0.1, 0.15) is 22.9 Å². The minimum atomic E-state index is -0.508. The van der Waals surface area contributed by atoms with Gasteiger partial charge in [-0.2, -0.15) is 0 Å².